The number of hydrogen-bond acceptors (Lipinski definition) is 5. The predicted molar refractivity (Wildman–Crippen MR) is 71.1 cm³/mol. The van der Waals surface area contributed by atoms with E-state index in [0.29, 0.717) is 13.2 Å². The second-order valence-electron chi connectivity index (χ2n) is 3.70. The lowest BCUT2D eigenvalue weighted by atomic mass is 10.3. The smallest absolute Gasteiger partial charge is 0.244 e. The van der Waals surface area contributed by atoms with E-state index in [9.17, 15) is 4.39 Å². The lowest BCUT2D eigenvalue weighted by Crippen LogP contribution is -2.09. The fraction of sp³-hybridized carbons (Fsp3) is 0.273. The first-order valence-corrected chi connectivity index (χ1v) is 5.91. The Bertz CT molecular complexity index is 554. The minimum Gasteiger partial charge on any atom is -0.383 e. The Kier molecular flexibility index (Phi) is 4.18. The molecule has 0 aliphatic rings. The number of nitrogen functional groups attached to an aromatic ring is 1. The minimum atomic E-state index is -0.521. The summed E-state index contributed by atoms with van der Waals surface area (Å²) in [5.74, 6) is -0.187. The summed E-state index contributed by atoms with van der Waals surface area (Å²) in [5.41, 5.74) is 5.79. The zero-order valence-corrected chi connectivity index (χ0v) is 11.0. The average Bonchev–Trinajstić information content (AvgIpc) is 2.71. The Morgan fingerprint density at radius 2 is 2.32 bits per heavy atom. The number of aromatic nitrogens is 3. The monoisotopic (exact) mass is 285 g/mol. The van der Waals surface area contributed by atoms with Crippen molar-refractivity contribution in [3.63, 3.8) is 0 Å². The number of nitrogens with two attached hydrogens (primary N) is 1. The molecule has 0 amide bonds. The number of anilines is 2. The second kappa shape index (κ2) is 5.85. The van der Waals surface area contributed by atoms with Crippen molar-refractivity contribution in [2.24, 2.45) is 0 Å². The van der Waals surface area contributed by atoms with Gasteiger partial charge in [-0.3, -0.25) is 0 Å². The van der Waals surface area contributed by atoms with Crippen LogP contribution < -0.4 is 11.1 Å². The molecule has 1 aromatic carbocycles. The van der Waals surface area contributed by atoms with Crippen LogP contribution >= 0.6 is 11.6 Å². The van der Waals surface area contributed by atoms with E-state index < -0.39 is 5.82 Å². The number of rotatable bonds is 5. The fourth-order valence-electron chi connectivity index (χ4n) is 1.52. The molecule has 6 nitrogen and oxygen atoms in total. The van der Waals surface area contributed by atoms with Crippen LogP contribution in [0.1, 0.15) is 0 Å². The van der Waals surface area contributed by atoms with Gasteiger partial charge in [0.25, 0.3) is 0 Å². The minimum absolute atomic E-state index is 0.0481. The molecule has 0 aliphatic carbocycles. The largest absolute Gasteiger partial charge is 0.383 e. The summed E-state index contributed by atoms with van der Waals surface area (Å²) < 4.78 is 19.8. The molecular weight excluding hydrogens is 273 g/mol. The zero-order valence-electron chi connectivity index (χ0n) is 10.2. The van der Waals surface area contributed by atoms with Crippen molar-refractivity contribution in [3.05, 3.63) is 29.0 Å². The van der Waals surface area contributed by atoms with E-state index in [1.165, 1.54) is 12.1 Å². The molecular formula is C11H13ClFN5O. The molecule has 0 unspecified atom stereocenters. The first-order valence-electron chi connectivity index (χ1n) is 5.53. The molecule has 3 N–H and O–H groups in total. The van der Waals surface area contributed by atoms with Crippen LogP contribution in [0.4, 0.5) is 16.3 Å². The van der Waals surface area contributed by atoms with Gasteiger partial charge in [0.2, 0.25) is 11.9 Å². The molecule has 1 heterocycles. The molecule has 0 saturated heterocycles. The van der Waals surface area contributed by atoms with E-state index >= 15 is 0 Å². The van der Waals surface area contributed by atoms with Crippen molar-refractivity contribution in [1.29, 1.82) is 0 Å². The van der Waals surface area contributed by atoms with Crippen LogP contribution in [0, 0.1) is 5.82 Å². The van der Waals surface area contributed by atoms with Gasteiger partial charge in [-0.15, -0.1) is 5.10 Å². The third kappa shape index (κ3) is 2.94. The van der Waals surface area contributed by atoms with E-state index in [4.69, 9.17) is 22.1 Å². The number of ether oxygens (including phenoxy) is 1. The molecule has 0 fully saturated rings. The molecule has 8 heteroatoms. The highest BCUT2D eigenvalue weighted by Crippen LogP contribution is 2.25. The molecule has 1 aromatic heterocycles. The van der Waals surface area contributed by atoms with Crippen LogP contribution in [-0.4, -0.2) is 35.0 Å². The molecule has 19 heavy (non-hydrogen) atoms. The van der Waals surface area contributed by atoms with E-state index in [1.54, 1.807) is 13.2 Å². The summed E-state index contributed by atoms with van der Waals surface area (Å²) >= 11 is 5.95. The lowest BCUT2D eigenvalue weighted by molar-refractivity contribution is 0.210. The summed E-state index contributed by atoms with van der Waals surface area (Å²) in [7, 11) is 1.58. The van der Waals surface area contributed by atoms with Crippen molar-refractivity contribution in [2.75, 3.05) is 31.3 Å². The lowest BCUT2D eigenvalue weighted by Gasteiger charge is -2.05. The summed E-state index contributed by atoms with van der Waals surface area (Å²) in [4.78, 5) is 3.98. The van der Waals surface area contributed by atoms with Gasteiger partial charge in [0.05, 0.1) is 11.6 Å². The summed E-state index contributed by atoms with van der Waals surface area (Å²) in [6.07, 6.45) is 0. The first-order chi connectivity index (χ1) is 9.13. The van der Waals surface area contributed by atoms with Gasteiger partial charge < -0.3 is 15.8 Å². The van der Waals surface area contributed by atoms with Crippen molar-refractivity contribution in [3.8, 4) is 5.69 Å². The molecule has 0 saturated carbocycles. The van der Waals surface area contributed by atoms with Crippen LogP contribution in [0.3, 0.4) is 0 Å². The van der Waals surface area contributed by atoms with Gasteiger partial charge in [-0.2, -0.15) is 9.67 Å². The SMILES string of the molecule is COCCNc1nc(N)n(-c2c(F)cccc2Cl)n1. The van der Waals surface area contributed by atoms with Gasteiger partial charge in [-0.1, -0.05) is 17.7 Å². The Hall–Kier alpha value is -1.86. The van der Waals surface area contributed by atoms with Crippen molar-refractivity contribution >= 4 is 23.5 Å². The summed E-state index contributed by atoms with van der Waals surface area (Å²) in [6, 6.07) is 4.34. The van der Waals surface area contributed by atoms with Crippen LogP contribution in [0.25, 0.3) is 5.69 Å². The number of benzene rings is 1. The maximum Gasteiger partial charge on any atom is 0.244 e. The van der Waals surface area contributed by atoms with E-state index in [-0.39, 0.29) is 22.6 Å². The number of hydrogen-bond donors (Lipinski definition) is 2. The van der Waals surface area contributed by atoms with Gasteiger partial charge in [-0.25, -0.2) is 4.39 Å². The third-order valence-corrected chi connectivity index (χ3v) is 2.68. The number of nitrogens with zero attached hydrogens (tertiary/aromatic N) is 3. The van der Waals surface area contributed by atoms with Crippen LogP contribution in [-0.2, 0) is 4.74 Å². The molecule has 0 aliphatic heterocycles. The van der Waals surface area contributed by atoms with Gasteiger partial charge in [0, 0.05) is 13.7 Å². The Morgan fingerprint density at radius 3 is 3.00 bits per heavy atom. The normalized spacial score (nSPS) is 10.7. The second-order valence-corrected chi connectivity index (χ2v) is 4.10. The number of nitrogens with one attached hydrogen (secondary N) is 1. The molecule has 2 rings (SSSR count). The first kappa shape index (κ1) is 13.6. The Morgan fingerprint density at radius 1 is 1.53 bits per heavy atom. The molecule has 0 atom stereocenters. The van der Waals surface area contributed by atoms with E-state index in [0.717, 1.165) is 4.68 Å². The Balaban J connectivity index is 2.30. The zero-order chi connectivity index (χ0) is 13.8. The number of para-hydroxylation sites is 1. The van der Waals surface area contributed by atoms with Crippen LogP contribution in [0.15, 0.2) is 18.2 Å². The topological polar surface area (TPSA) is 78.0 Å². The highest BCUT2D eigenvalue weighted by atomic mass is 35.5. The predicted octanol–water partition coefficient (Wildman–Crippen LogP) is 1.70. The van der Waals surface area contributed by atoms with Gasteiger partial charge in [0.1, 0.15) is 5.69 Å². The maximum absolute atomic E-state index is 13.8. The molecule has 102 valence electrons. The summed E-state index contributed by atoms with van der Waals surface area (Å²) in [5, 5.41) is 7.17. The van der Waals surface area contributed by atoms with E-state index in [2.05, 4.69) is 15.4 Å². The van der Waals surface area contributed by atoms with Crippen molar-refractivity contribution in [1.82, 2.24) is 14.8 Å². The van der Waals surface area contributed by atoms with Gasteiger partial charge in [0.15, 0.2) is 5.82 Å². The molecule has 0 radical (unpaired) electrons. The van der Waals surface area contributed by atoms with Crippen LogP contribution in [0.2, 0.25) is 5.02 Å². The molecule has 0 bridgehead atoms. The van der Waals surface area contributed by atoms with E-state index in [1.807, 2.05) is 0 Å². The summed E-state index contributed by atoms with van der Waals surface area (Å²) in [6.45, 7) is 1.01. The van der Waals surface area contributed by atoms with Gasteiger partial charge in [-0.05, 0) is 12.1 Å². The maximum atomic E-state index is 13.8. The van der Waals surface area contributed by atoms with Crippen LogP contribution in [0.5, 0.6) is 0 Å². The molecule has 2 aromatic rings. The quantitative estimate of drug-likeness (QED) is 0.818. The standard InChI is InChI=1S/C11H13ClFN5O/c1-19-6-5-15-11-16-10(14)18(17-11)9-7(12)3-2-4-8(9)13/h2-4H,5-6H2,1H3,(H3,14,15,16,17). The highest BCUT2D eigenvalue weighted by molar-refractivity contribution is 6.32. The number of halogens is 2. The highest BCUT2D eigenvalue weighted by Gasteiger charge is 2.15. The van der Waals surface area contributed by atoms with Crippen molar-refractivity contribution in [2.45, 2.75) is 0 Å². The fourth-order valence-corrected chi connectivity index (χ4v) is 1.76. The third-order valence-electron chi connectivity index (χ3n) is 2.37. The number of methoxy groups -OCH3 is 1. The average molecular weight is 286 g/mol. The Labute approximate surface area is 114 Å². The van der Waals surface area contributed by atoms with Gasteiger partial charge >= 0.3 is 0 Å². The van der Waals surface area contributed by atoms with Crippen molar-refractivity contribution < 1.29 is 9.13 Å². The molecule has 0 spiro atoms.